The number of rotatable bonds is 43. The van der Waals surface area contributed by atoms with Crippen LogP contribution < -0.4 is 47.4 Å². The molecule has 0 aromatic heterocycles. The van der Waals surface area contributed by atoms with E-state index in [0.29, 0.717) is 58.3 Å². The molecule has 124 heavy (non-hydrogen) atoms. The number of para-hydroxylation sites is 1. The van der Waals surface area contributed by atoms with E-state index in [1.54, 1.807) is 26.4 Å². The number of hydrogen-bond acceptors (Lipinski definition) is 17. The quantitative estimate of drug-likeness (QED) is 0.0262. The van der Waals surface area contributed by atoms with Crippen LogP contribution in [0.25, 0.3) is 40.0 Å². The molecule has 9 aromatic rings. The van der Waals surface area contributed by atoms with Gasteiger partial charge in [0.05, 0.1) is 33.0 Å². The second-order valence-electron chi connectivity index (χ2n) is 29.5. The fourth-order valence-corrected chi connectivity index (χ4v) is 11.3. The zero-order chi connectivity index (χ0) is 90.8. The first-order chi connectivity index (χ1) is 59.7. The molecule has 17 heteroatoms. The van der Waals surface area contributed by atoms with Crippen molar-refractivity contribution in [1.82, 2.24) is 0 Å². The normalized spacial score (nSPS) is 12.7. The summed E-state index contributed by atoms with van der Waals surface area (Å²) in [5, 5.41) is 0. The maximum absolute atomic E-state index is 5.93. The summed E-state index contributed by atoms with van der Waals surface area (Å²) in [6.07, 6.45) is 9.64. The van der Waals surface area contributed by atoms with Gasteiger partial charge in [-0.1, -0.05) is 229 Å². The Kier molecular flexibility index (Phi) is 52.7. The predicted octanol–water partition coefficient (Wildman–Crippen LogP) is 27.3. The van der Waals surface area contributed by atoms with Crippen LogP contribution in [0, 0.1) is 5.92 Å². The molecule has 6 atom stereocenters. The van der Waals surface area contributed by atoms with Gasteiger partial charge in [0.2, 0.25) is 0 Å². The average Bonchev–Trinajstić information content (AvgIpc) is 0.941. The fraction of sp³-hybridized carbons (Fsp3) is 0.364. The lowest BCUT2D eigenvalue weighted by Gasteiger charge is -2.26. The van der Waals surface area contributed by atoms with Gasteiger partial charge in [-0.15, -0.1) is 0 Å². The molecule has 0 radical (unpaired) electrons. The minimum absolute atomic E-state index is 0.152. The summed E-state index contributed by atoms with van der Waals surface area (Å²) in [6, 6.07) is 72.0. The Bertz CT molecular complexity index is 4370. The second kappa shape index (κ2) is 62.1. The molecule has 670 valence electrons. The van der Waals surface area contributed by atoms with E-state index in [0.717, 1.165) is 131 Å². The molecule has 1 saturated carbocycles. The van der Waals surface area contributed by atoms with Crippen molar-refractivity contribution in [1.29, 1.82) is 0 Å². The van der Waals surface area contributed by atoms with Crippen LogP contribution in [-0.4, -0.2) is 111 Å². The highest BCUT2D eigenvalue weighted by Crippen LogP contribution is 2.27. The van der Waals surface area contributed by atoms with Crippen LogP contribution in [0.4, 0.5) is 0 Å². The Morgan fingerprint density at radius 1 is 0.331 bits per heavy atom. The summed E-state index contributed by atoms with van der Waals surface area (Å²) < 4.78 is 93.6. The minimum atomic E-state index is -0.343. The van der Waals surface area contributed by atoms with Crippen molar-refractivity contribution in [2.75, 3.05) is 67.3 Å². The molecule has 0 N–H and O–H groups in total. The van der Waals surface area contributed by atoms with E-state index < -0.39 is 0 Å². The van der Waals surface area contributed by atoms with Gasteiger partial charge in [0.1, 0.15) is 70.7 Å². The number of hydrogen-bond donors (Lipinski definition) is 0. The molecule has 0 amide bonds. The summed E-state index contributed by atoms with van der Waals surface area (Å²) in [6.45, 7) is 60.7. The molecule has 1 fully saturated rings. The first kappa shape index (κ1) is 105. The predicted molar refractivity (Wildman–Crippen MR) is 511 cm³/mol. The van der Waals surface area contributed by atoms with Crippen molar-refractivity contribution in [2.45, 2.75) is 186 Å². The van der Waals surface area contributed by atoms with Gasteiger partial charge in [0, 0.05) is 26.7 Å². The molecule has 9 aromatic carbocycles. The highest BCUT2D eigenvalue weighted by atomic mass is 16.7. The van der Waals surface area contributed by atoms with Crippen molar-refractivity contribution in [3.05, 3.63) is 309 Å². The van der Waals surface area contributed by atoms with Crippen molar-refractivity contribution < 1.29 is 80.5 Å². The molecule has 0 spiro atoms. The first-order valence-corrected chi connectivity index (χ1v) is 42.7. The number of ether oxygens (including phenoxy) is 17. The Morgan fingerprint density at radius 3 is 0.968 bits per heavy atom. The van der Waals surface area contributed by atoms with Crippen LogP contribution in [0.3, 0.4) is 0 Å². The third kappa shape index (κ3) is 46.4. The Labute approximate surface area is 742 Å². The van der Waals surface area contributed by atoms with Gasteiger partial charge >= 0.3 is 0 Å². The summed E-state index contributed by atoms with van der Waals surface area (Å²) in [7, 11) is 3.23. The molecule has 6 unspecified atom stereocenters. The lowest BCUT2D eigenvalue weighted by Crippen LogP contribution is -2.26. The van der Waals surface area contributed by atoms with Crippen molar-refractivity contribution >= 4 is 40.0 Å². The SMILES string of the molecule is C=C(C)c1ccc(OC(C)OC2CCCCC2)cc1.C=C(C)c1ccc(OC(C)OCC(C)C)cc1.C=C(C)c1ccc(OC(C)OCC)cc1.C=C(C)c1ccc(OC(CC)OCC)cc1.C=C(C)c1ccc(OCOC)cc1.C=Cc1ccc(OC(C)OCCOc2ccc(OC)cc2)cc1.C=Cc1ccc(OC(C)OCCOc2ccccc2)cc1. The van der Waals surface area contributed by atoms with Crippen LogP contribution >= 0.6 is 0 Å². The monoisotopic (exact) mass is 1700 g/mol. The minimum Gasteiger partial charge on any atom is -0.497 e. The molecule has 17 nitrogen and oxygen atoms in total. The van der Waals surface area contributed by atoms with E-state index in [1.807, 2.05) is 314 Å². The molecule has 10 rings (SSSR count). The standard InChI is InChI=1S/C19H22O4.C18H20O3.C17H24O2.C15H22O2.C14H20O2.C13H18O2.C11H14O2/c1-4-16-5-7-19(8-6-16)23-15(2)21-13-14-22-18-11-9-17(20-3)10-12-18;1-3-16-9-11-18(12-10-16)21-15(2)19-13-14-20-17-7-5-4-6-8-17;1-13(2)15-9-11-17(12-10-15)19-14(3)18-16-7-5-4-6-8-16;1-11(2)10-16-13(5)17-15-8-6-14(7-9-15)12(3)4;1-5-14(15-6-2)16-13-9-7-12(8-10-13)11(3)4;1-5-14-11(4)15-13-8-6-12(7-9-13)10(2)3;1-9(2)10-4-6-11(7-5-10)13-8-12-3/h4-12,15H,1,13-14H2,2-3H3;3-12,15H,1,13-14H2,2H3;9-12,14,16H,1,4-8H2,2-3H3;6-9,11,13H,3,10H2,1-2,4-5H3;7-10,14H,3,5-6H2,1-2,4H3;6-9,11H,2,5H2,1,3-4H3;4-7H,1,8H2,2-3H3. The zero-order valence-electron chi connectivity index (χ0n) is 76.9. The van der Waals surface area contributed by atoms with Crippen LogP contribution in [0.15, 0.2) is 271 Å². The maximum Gasteiger partial charge on any atom is 0.199 e. The third-order valence-electron chi connectivity index (χ3n) is 18.0. The van der Waals surface area contributed by atoms with E-state index in [2.05, 4.69) is 59.9 Å². The van der Waals surface area contributed by atoms with Gasteiger partial charge in [-0.3, -0.25) is 0 Å². The van der Waals surface area contributed by atoms with Gasteiger partial charge in [-0.05, 0) is 262 Å². The molecule has 0 aliphatic heterocycles. The first-order valence-electron chi connectivity index (χ1n) is 42.7. The van der Waals surface area contributed by atoms with E-state index >= 15 is 0 Å². The van der Waals surface area contributed by atoms with Crippen molar-refractivity contribution in [2.24, 2.45) is 5.92 Å². The summed E-state index contributed by atoms with van der Waals surface area (Å²) >= 11 is 0. The van der Waals surface area contributed by atoms with Crippen molar-refractivity contribution in [3.63, 3.8) is 0 Å². The van der Waals surface area contributed by atoms with Crippen LogP contribution in [0.1, 0.15) is 181 Å². The number of methoxy groups -OCH3 is 2. The molecular weight excluding hydrogens is 1560 g/mol. The molecular formula is C107H140O17. The average molecular weight is 1700 g/mol. The van der Waals surface area contributed by atoms with E-state index in [-0.39, 0.29) is 44.5 Å². The van der Waals surface area contributed by atoms with Crippen LogP contribution in [-0.2, 0) is 33.2 Å². The summed E-state index contributed by atoms with van der Waals surface area (Å²) in [5.74, 6) is 8.64. The van der Waals surface area contributed by atoms with Gasteiger partial charge in [-0.25, -0.2) is 0 Å². The lowest BCUT2D eigenvalue weighted by atomic mass is 9.98. The highest BCUT2D eigenvalue weighted by Gasteiger charge is 2.18. The Morgan fingerprint density at radius 2 is 0.637 bits per heavy atom. The summed E-state index contributed by atoms with van der Waals surface area (Å²) in [5.41, 5.74) is 13.1. The number of allylic oxidation sites excluding steroid dienone is 5. The van der Waals surface area contributed by atoms with Gasteiger partial charge in [-0.2, -0.15) is 0 Å². The Hall–Kier alpha value is -11.1. The van der Waals surface area contributed by atoms with E-state index in [1.165, 1.54) is 32.1 Å². The lowest BCUT2D eigenvalue weighted by molar-refractivity contribution is -0.116. The zero-order valence-corrected chi connectivity index (χ0v) is 76.9. The van der Waals surface area contributed by atoms with Crippen molar-refractivity contribution in [3.8, 4) is 57.5 Å². The van der Waals surface area contributed by atoms with E-state index in [4.69, 9.17) is 80.5 Å². The van der Waals surface area contributed by atoms with E-state index in [9.17, 15) is 0 Å². The molecule has 1 aliphatic rings. The third-order valence-corrected chi connectivity index (χ3v) is 18.0. The topological polar surface area (TPSA) is 157 Å². The smallest absolute Gasteiger partial charge is 0.199 e. The van der Waals surface area contributed by atoms with Gasteiger partial charge < -0.3 is 80.5 Å². The van der Waals surface area contributed by atoms with Crippen LogP contribution in [0.5, 0.6) is 57.5 Å². The number of benzene rings is 9. The molecule has 0 saturated heterocycles. The molecule has 1 aliphatic carbocycles. The maximum atomic E-state index is 5.93. The Balaban J connectivity index is 0.000000306. The largest absolute Gasteiger partial charge is 0.497 e. The van der Waals surface area contributed by atoms with Gasteiger partial charge in [0.15, 0.2) is 44.5 Å². The van der Waals surface area contributed by atoms with Gasteiger partial charge in [0.25, 0.3) is 0 Å². The second-order valence-corrected chi connectivity index (χ2v) is 29.5. The highest BCUT2D eigenvalue weighted by molar-refractivity contribution is 5.65. The molecule has 0 heterocycles. The summed E-state index contributed by atoms with van der Waals surface area (Å²) in [4.78, 5) is 0. The van der Waals surface area contributed by atoms with Crippen LogP contribution in [0.2, 0.25) is 0 Å². The fourth-order valence-electron chi connectivity index (χ4n) is 11.3. The molecule has 0 bridgehead atoms.